The van der Waals surface area contributed by atoms with E-state index >= 15 is 0 Å². The Bertz CT molecular complexity index is 781. The highest BCUT2D eigenvalue weighted by molar-refractivity contribution is 7.99. The van der Waals surface area contributed by atoms with Crippen molar-refractivity contribution in [2.24, 2.45) is 11.8 Å². The first kappa shape index (κ1) is 19.3. The van der Waals surface area contributed by atoms with Crippen molar-refractivity contribution in [1.82, 2.24) is 0 Å². The largest absolute Gasteiger partial charge is 0.497 e. The lowest BCUT2D eigenvalue weighted by molar-refractivity contribution is -0.143. The molecule has 2 aromatic rings. The molecule has 5 nitrogen and oxygen atoms in total. The minimum Gasteiger partial charge on any atom is -0.497 e. The van der Waals surface area contributed by atoms with Gasteiger partial charge in [-0.05, 0) is 74.2 Å². The average molecular weight is 385 g/mol. The maximum absolute atomic E-state index is 12.4. The first-order valence-electron chi connectivity index (χ1n) is 9.01. The summed E-state index contributed by atoms with van der Waals surface area (Å²) in [6.07, 6.45) is 2.41. The summed E-state index contributed by atoms with van der Waals surface area (Å²) in [6, 6.07) is 15.6. The molecule has 0 aromatic heterocycles. The molecule has 1 aliphatic carbocycles. The summed E-state index contributed by atoms with van der Waals surface area (Å²) in [6.45, 7) is 0. The fraction of sp³-hybridized carbons (Fsp3) is 0.333. The van der Waals surface area contributed by atoms with Gasteiger partial charge in [-0.3, -0.25) is 9.59 Å². The number of carbonyl (C=O) groups excluding carboxylic acids is 1. The van der Waals surface area contributed by atoms with Gasteiger partial charge in [-0.25, -0.2) is 0 Å². The Morgan fingerprint density at radius 1 is 0.926 bits per heavy atom. The van der Waals surface area contributed by atoms with Gasteiger partial charge < -0.3 is 15.2 Å². The fourth-order valence-electron chi connectivity index (χ4n) is 3.23. The highest BCUT2D eigenvalue weighted by atomic mass is 32.2. The van der Waals surface area contributed by atoms with Gasteiger partial charge >= 0.3 is 5.97 Å². The second kappa shape index (κ2) is 8.95. The van der Waals surface area contributed by atoms with Crippen LogP contribution in [-0.4, -0.2) is 24.1 Å². The smallest absolute Gasteiger partial charge is 0.306 e. The second-order valence-corrected chi connectivity index (χ2v) is 7.82. The van der Waals surface area contributed by atoms with Gasteiger partial charge in [0.25, 0.3) is 0 Å². The number of rotatable bonds is 6. The van der Waals surface area contributed by atoms with Gasteiger partial charge in [-0.1, -0.05) is 11.8 Å². The van der Waals surface area contributed by atoms with Crippen molar-refractivity contribution in [3.05, 3.63) is 48.5 Å². The van der Waals surface area contributed by atoms with E-state index in [0.717, 1.165) is 21.2 Å². The lowest BCUT2D eigenvalue weighted by Gasteiger charge is -2.25. The van der Waals surface area contributed by atoms with Crippen LogP contribution < -0.4 is 10.1 Å². The number of carboxylic acid groups (broad SMARTS) is 1. The van der Waals surface area contributed by atoms with E-state index in [9.17, 15) is 9.59 Å². The molecule has 2 N–H and O–H groups in total. The van der Waals surface area contributed by atoms with Crippen LogP contribution in [-0.2, 0) is 9.59 Å². The zero-order valence-electron chi connectivity index (χ0n) is 15.2. The Balaban J connectivity index is 1.52. The number of carboxylic acids is 1. The van der Waals surface area contributed by atoms with E-state index in [1.54, 1.807) is 18.9 Å². The average Bonchev–Trinajstić information content (AvgIpc) is 2.70. The van der Waals surface area contributed by atoms with Gasteiger partial charge in [-0.15, -0.1) is 0 Å². The van der Waals surface area contributed by atoms with E-state index in [2.05, 4.69) is 5.32 Å². The molecule has 6 heteroatoms. The maximum Gasteiger partial charge on any atom is 0.306 e. The zero-order valence-corrected chi connectivity index (χ0v) is 16.0. The summed E-state index contributed by atoms with van der Waals surface area (Å²) in [5.41, 5.74) is 0.763. The number of methoxy groups -OCH3 is 1. The van der Waals surface area contributed by atoms with Crippen molar-refractivity contribution in [1.29, 1.82) is 0 Å². The van der Waals surface area contributed by atoms with Crippen LogP contribution in [0.1, 0.15) is 25.7 Å². The van der Waals surface area contributed by atoms with Gasteiger partial charge in [0.1, 0.15) is 5.75 Å². The van der Waals surface area contributed by atoms with E-state index in [0.29, 0.717) is 25.7 Å². The normalized spacial score (nSPS) is 19.3. The number of nitrogens with one attached hydrogen (secondary N) is 1. The monoisotopic (exact) mass is 385 g/mol. The molecule has 3 rings (SSSR count). The summed E-state index contributed by atoms with van der Waals surface area (Å²) in [7, 11) is 1.65. The lowest BCUT2D eigenvalue weighted by Crippen LogP contribution is -2.29. The van der Waals surface area contributed by atoms with Crippen LogP contribution in [0.25, 0.3) is 0 Å². The van der Waals surface area contributed by atoms with E-state index < -0.39 is 5.97 Å². The predicted molar refractivity (Wildman–Crippen MR) is 105 cm³/mol. The highest BCUT2D eigenvalue weighted by Gasteiger charge is 2.29. The molecule has 2 aromatic carbocycles. The van der Waals surface area contributed by atoms with E-state index in [-0.39, 0.29) is 17.7 Å². The van der Waals surface area contributed by atoms with Crippen LogP contribution in [0.15, 0.2) is 58.3 Å². The number of hydrogen-bond acceptors (Lipinski definition) is 4. The number of ether oxygens (including phenoxy) is 1. The summed E-state index contributed by atoms with van der Waals surface area (Å²) in [5, 5.41) is 12.0. The molecule has 0 aliphatic heterocycles. The third-order valence-electron chi connectivity index (χ3n) is 4.86. The molecule has 1 saturated carbocycles. The van der Waals surface area contributed by atoms with E-state index in [1.807, 2.05) is 48.5 Å². The lowest BCUT2D eigenvalue weighted by atomic mass is 9.81. The second-order valence-electron chi connectivity index (χ2n) is 6.68. The molecule has 142 valence electrons. The fourth-order valence-corrected chi connectivity index (χ4v) is 4.05. The third-order valence-corrected chi connectivity index (χ3v) is 5.88. The van der Waals surface area contributed by atoms with Crippen molar-refractivity contribution in [3.8, 4) is 5.75 Å². The van der Waals surface area contributed by atoms with Crippen molar-refractivity contribution in [2.45, 2.75) is 35.5 Å². The Morgan fingerprint density at radius 3 is 1.96 bits per heavy atom. The molecule has 1 fully saturated rings. The zero-order chi connectivity index (χ0) is 19.2. The number of anilines is 1. The molecule has 0 radical (unpaired) electrons. The molecule has 27 heavy (non-hydrogen) atoms. The Kier molecular flexibility index (Phi) is 6.40. The van der Waals surface area contributed by atoms with Crippen LogP contribution in [0.3, 0.4) is 0 Å². The Hall–Kier alpha value is -2.47. The third kappa shape index (κ3) is 5.26. The number of benzene rings is 2. The standard InChI is InChI=1S/C21H23NO4S/c1-26-17-8-12-19(13-9-17)27-18-10-6-16(7-11-18)22-20(23)14-2-4-15(5-3-14)21(24)25/h6-15H,2-5H2,1H3,(H,22,23)(H,24,25). The van der Waals surface area contributed by atoms with Gasteiger partial charge in [0.15, 0.2) is 0 Å². The number of aliphatic carboxylic acids is 1. The maximum atomic E-state index is 12.4. The molecule has 0 spiro atoms. The molecule has 0 saturated heterocycles. The van der Waals surface area contributed by atoms with E-state index in [1.165, 1.54) is 0 Å². The number of hydrogen-bond donors (Lipinski definition) is 2. The van der Waals surface area contributed by atoms with Crippen LogP contribution in [0, 0.1) is 11.8 Å². The van der Waals surface area contributed by atoms with Crippen LogP contribution in [0.4, 0.5) is 5.69 Å². The van der Waals surface area contributed by atoms with Crippen molar-refractivity contribution >= 4 is 29.3 Å². The van der Waals surface area contributed by atoms with E-state index in [4.69, 9.17) is 9.84 Å². The topological polar surface area (TPSA) is 75.6 Å². The molecule has 1 amide bonds. The van der Waals surface area contributed by atoms with Gasteiger partial charge in [0, 0.05) is 21.4 Å². The number of amides is 1. The van der Waals surface area contributed by atoms with Crippen molar-refractivity contribution in [2.75, 3.05) is 12.4 Å². The molecule has 0 atom stereocenters. The predicted octanol–water partition coefficient (Wildman–Crippen LogP) is 4.68. The Morgan fingerprint density at radius 2 is 1.44 bits per heavy atom. The minimum atomic E-state index is -0.751. The molecule has 1 aliphatic rings. The highest BCUT2D eigenvalue weighted by Crippen LogP contribution is 2.31. The van der Waals surface area contributed by atoms with Crippen LogP contribution >= 0.6 is 11.8 Å². The summed E-state index contributed by atoms with van der Waals surface area (Å²) in [5.74, 6) is -0.347. The Labute approximate surface area is 163 Å². The molecule has 0 bridgehead atoms. The summed E-state index contributed by atoms with van der Waals surface area (Å²) >= 11 is 1.64. The molecule has 0 unspecified atom stereocenters. The molecule has 0 heterocycles. The van der Waals surface area contributed by atoms with Gasteiger partial charge in [0.2, 0.25) is 5.91 Å². The summed E-state index contributed by atoms with van der Waals surface area (Å²) < 4.78 is 5.16. The van der Waals surface area contributed by atoms with Crippen molar-refractivity contribution < 1.29 is 19.4 Å². The summed E-state index contributed by atoms with van der Waals surface area (Å²) in [4.78, 5) is 25.6. The van der Waals surface area contributed by atoms with Crippen molar-refractivity contribution in [3.63, 3.8) is 0 Å². The van der Waals surface area contributed by atoms with Crippen LogP contribution in [0.5, 0.6) is 5.75 Å². The quantitative estimate of drug-likeness (QED) is 0.755. The molecular formula is C21H23NO4S. The number of carbonyl (C=O) groups is 2. The van der Waals surface area contributed by atoms with Gasteiger partial charge in [0.05, 0.1) is 13.0 Å². The first-order chi connectivity index (χ1) is 13.0. The minimum absolute atomic E-state index is 0.0191. The SMILES string of the molecule is COc1ccc(Sc2ccc(NC(=O)C3CCC(C(=O)O)CC3)cc2)cc1. The van der Waals surface area contributed by atoms with Crippen LogP contribution in [0.2, 0.25) is 0 Å². The molecular weight excluding hydrogens is 362 g/mol. The first-order valence-corrected chi connectivity index (χ1v) is 9.82. The van der Waals surface area contributed by atoms with Gasteiger partial charge in [-0.2, -0.15) is 0 Å².